The molecule has 0 saturated heterocycles. The molecule has 112 valence electrons. The minimum atomic E-state index is -0.0899. The smallest absolute Gasteiger partial charge is 0.255 e. The molecule has 2 aromatic rings. The molecule has 0 unspecified atom stereocenters. The third-order valence-electron chi connectivity index (χ3n) is 3.70. The van der Waals surface area contributed by atoms with Crippen LogP contribution in [0.3, 0.4) is 0 Å². The largest absolute Gasteiger partial charge is 0.466 e. The summed E-state index contributed by atoms with van der Waals surface area (Å²) >= 11 is 0. The molecule has 4 nitrogen and oxygen atoms in total. The zero-order chi connectivity index (χ0) is 15.4. The lowest BCUT2D eigenvalue weighted by Gasteiger charge is -2.06. The fraction of sp³-hybridized carbons (Fsp3) is 0.353. The molecule has 3 N–H and O–H groups in total. The van der Waals surface area contributed by atoms with Crippen molar-refractivity contribution in [1.29, 1.82) is 0 Å². The SMILES string of the molecule is Cc1oc(C)c(C(=O)NCc2ccc(CCN)cc2)c1C. The molecular formula is C17H22N2O2. The molecule has 2 rings (SSSR count). The van der Waals surface area contributed by atoms with E-state index < -0.39 is 0 Å². The summed E-state index contributed by atoms with van der Waals surface area (Å²) < 4.78 is 5.49. The first-order chi connectivity index (χ1) is 10.0. The Kier molecular flexibility index (Phi) is 4.81. The first-order valence-corrected chi connectivity index (χ1v) is 7.15. The van der Waals surface area contributed by atoms with E-state index in [0.717, 1.165) is 23.3 Å². The fourth-order valence-corrected chi connectivity index (χ4v) is 2.39. The summed E-state index contributed by atoms with van der Waals surface area (Å²) in [5.41, 5.74) is 9.36. The van der Waals surface area contributed by atoms with Gasteiger partial charge in [-0.1, -0.05) is 24.3 Å². The molecule has 0 aliphatic carbocycles. The van der Waals surface area contributed by atoms with Gasteiger partial charge in [-0.05, 0) is 44.9 Å². The Hall–Kier alpha value is -2.07. The first kappa shape index (κ1) is 15.3. The highest BCUT2D eigenvalue weighted by Gasteiger charge is 2.17. The topological polar surface area (TPSA) is 68.3 Å². The highest BCUT2D eigenvalue weighted by molar-refractivity contribution is 5.96. The number of benzene rings is 1. The van der Waals surface area contributed by atoms with Crippen molar-refractivity contribution in [3.63, 3.8) is 0 Å². The third-order valence-corrected chi connectivity index (χ3v) is 3.70. The van der Waals surface area contributed by atoms with Crippen LogP contribution in [0.15, 0.2) is 28.7 Å². The van der Waals surface area contributed by atoms with Gasteiger partial charge in [0.1, 0.15) is 11.5 Å². The van der Waals surface area contributed by atoms with Gasteiger partial charge in [0.25, 0.3) is 5.91 Å². The molecule has 0 aliphatic rings. The normalized spacial score (nSPS) is 10.7. The average molecular weight is 286 g/mol. The van der Waals surface area contributed by atoms with E-state index in [-0.39, 0.29) is 5.91 Å². The molecule has 1 aromatic heterocycles. The van der Waals surface area contributed by atoms with Gasteiger partial charge in [0, 0.05) is 12.1 Å². The van der Waals surface area contributed by atoms with Crippen LogP contribution in [-0.2, 0) is 13.0 Å². The van der Waals surface area contributed by atoms with E-state index in [1.54, 1.807) is 0 Å². The van der Waals surface area contributed by atoms with E-state index in [1.165, 1.54) is 5.56 Å². The van der Waals surface area contributed by atoms with Crippen molar-refractivity contribution in [2.45, 2.75) is 33.7 Å². The number of hydrogen-bond donors (Lipinski definition) is 2. The lowest BCUT2D eigenvalue weighted by atomic mass is 10.1. The highest BCUT2D eigenvalue weighted by Crippen LogP contribution is 2.20. The van der Waals surface area contributed by atoms with Gasteiger partial charge in [0.05, 0.1) is 5.56 Å². The number of nitrogens with one attached hydrogen (secondary N) is 1. The van der Waals surface area contributed by atoms with Crippen molar-refractivity contribution >= 4 is 5.91 Å². The van der Waals surface area contributed by atoms with E-state index in [1.807, 2.05) is 45.0 Å². The number of rotatable bonds is 5. The second-order valence-electron chi connectivity index (χ2n) is 5.25. The standard InChI is InChI=1S/C17H22N2O2/c1-11-12(2)21-13(3)16(11)17(20)19-10-15-6-4-14(5-7-15)8-9-18/h4-7H,8-10,18H2,1-3H3,(H,19,20). The summed E-state index contributed by atoms with van der Waals surface area (Å²) in [4.78, 5) is 12.3. The molecule has 1 heterocycles. The van der Waals surface area contributed by atoms with E-state index in [9.17, 15) is 4.79 Å². The van der Waals surface area contributed by atoms with Crippen molar-refractivity contribution in [3.05, 3.63) is 58.0 Å². The van der Waals surface area contributed by atoms with Crippen LogP contribution in [0.1, 0.15) is 38.6 Å². The minimum absolute atomic E-state index is 0.0899. The molecule has 0 bridgehead atoms. The van der Waals surface area contributed by atoms with Crippen molar-refractivity contribution in [2.75, 3.05) is 6.54 Å². The van der Waals surface area contributed by atoms with Gasteiger partial charge in [0.15, 0.2) is 0 Å². The van der Waals surface area contributed by atoms with Crippen molar-refractivity contribution in [1.82, 2.24) is 5.32 Å². The van der Waals surface area contributed by atoms with Gasteiger partial charge in [-0.25, -0.2) is 0 Å². The number of amides is 1. The van der Waals surface area contributed by atoms with Gasteiger partial charge in [0.2, 0.25) is 0 Å². The number of nitrogens with two attached hydrogens (primary N) is 1. The zero-order valence-electron chi connectivity index (χ0n) is 12.8. The summed E-state index contributed by atoms with van der Waals surface area (Å²) in [7, 11) is 0. The second kappa shape index (κ2) is 6.59. The number of aryl methyl sites for hydroxylation is 2. The van der Waals surface area contributed by atoms with Crippen molar-refractivity contribution < 1.29 is 9.21 Å². The molecule has 0 radical (unpaired) electrons. The maximum atomic E-state index is 12.3. The van der Waals surface area contributed by atoms with Crippen LogP contribution in [0.4, 0.5) is 0 Å². The maximum absolute atomic E-state index is 12.3. The maximum Gasteiger partial charge on any atom is 0.255 e. The van der Waals surface area contributed by atoms with Crippen LogP contribution in [-0.4, -0.2) is 12.5 Å². The predicted octanol–water partition coefficient (Wildman–Crippen LogP) is 2.64. The van der Waals surface area contributed by atoms with Crippen LogP contribution in [0, 0.1) is 20.8 Å². The van der Waals surface area contributed by atoms with Gasteiger partial charge in [-0.15, -0.1) is 0 Å². The monoisotopic (exact) mass is 286 g/mol. The van der Waals surface area contributed by atoms with E-state index >= 15 is 0 Å². The lowest BCUT2D eigenvalue weighted by Crippen LogP contribution is -2.23. The molecule has 1 aromatic carbocycles. The van der Waals surface area contributed by atoms with Crippen molar-refractivity contribution in [2.24, 2.45) is 5.73 Å². The average Bonchev–Trinajstić information content (AvgIpc) is 2.71. The van der Waals surface area contributed by atoms with Gasteiger partial charge in [-0.3, -0.25) is 4.79 Å². The van der Waals surface area contributed by atoms with Crippen LogP contribution in [0.2, 0.25) is 0 Å². The predicted molar refractivity (Wildman–Crippen MR) is 83.3 cm³/mol. The van der Waals surface area contributed by atoms with Gasteiger partial charge in [-0.2, -0.15) is 0 Å². The van der Waals surface area contributed by atoms with Crippen LogP contribution in [0.5, 0.6) is 0 Å². The Bertz CT molecular complexity index is 627. The van der Waals surface area contributed by atoms with E-state index in [0.29, 0.717) is 24.4 Å². The summed E-state index contributed by atoms with van der Waals surface area (Å²) in [5, 5.41) is 2.94. The Morgan fingerprint density at radius 3 is 2.24 bits per heavy atom. The van der Waals surface area contributed by atoms with Crippen LogP contribution in [0.25, 0.3) is 0 Å². The molecule has 0 saturated carbocycles. The molecule has 0 aliphatic heterocycles. The summed E-state index contributed by atoms with van der Waals surface area (Å²) in [5.74, 6) is 1.37. The fourth-order valence-electron chi connectivity index (χ4n) is 2.39. The minimum Gasteiger partial charge on any atom is -0.466 e. The third kappa shape index (κ3) is 3.52. The van der Waals surface area contributed by atoms with Crippen LogP contribution < -0.4 is 11.1 Å². The number of carbonyl (C=O) groups is 1. The Labute approximate surface area is 125 Å². The van der Waals surface area contributed by atoms with Gasteiger partial charge >= 0.3 is 0 Å². The quantitative estimate of drug-likeness (QED) is 0.888. The summed E-state index contributed by atoms with van der Waals surface area (Å²) in [6.07, 6.45) is 0.874. The summed E-state index contributed by atoms with van der Waals surface area (Å²) in [6, 6.07) is 8.14. The Balaban J connectivity index is 2.00. The molecular weight excluding hydrogens is 264 g/mol. The molecule has 1 amide bonds. The Morgan fingerprint density at radius 2 is 1.71 bits per heavy atom. The lowest BCUT2D eigenvalue weighted by molar-refractivity contribution is 0.0949. The van der Waals surface area contributed by atoms with Crippen molar-refractivity contribution in [3.8, 4) is 0 Å². The van der Waals surface area contributed by atoms with Gasteiger partial charge < -0.3 is 15.5 Å². The molecule has 0 spiro atoms. The molecule has 21 heavy (non-hydrogen) atoms. The number of furan rings is 1. The Morgan fingerprint density at radius 1 is 1.10 bits per heavy atom. The van der Waals surface area contributed by atoms with Crippen LogP contribution >= 0.6 is 0 Å². The zero-order valence-corrected chi connectivity index (χ0v) is 12.8. The summed E-state index contributed by atoms with van der Waals surface area (Å²) in [6.45, 7) is 6.74. The van der Waals surface area contributed by atoms with E-state index in [2.05, 4.69) is 5.32 Å². The first-order valence-electron chi connectivity index (χ1n) is 7.15. The number of carbonyl (C=O) groups excluding carboxylic acids is 1. The second-order valence-corrected chi connectivity index (χ2v) is 5.25. The molecule has 0 fully saturated rings. The highest BCUT2D eigenvalue weighted by atomic mass is 16.3. The number of hydrogen-bond acceptors (Lipinski definition) is 3. The van der Waals surface area contributed by atoms with E-state index in [4.69, 9.17) is 10.2 Å². The molecule has 0 atom stereocenters. The molecule has 4 heteroatoms.